The van der Waals surface area contributed by atoms with Gasteiger partial charge in [-0.3, -0.25) is 4.79 Å². The molecule has 6 nitrogen and oxygen atoms in total. The van der Waals surface area contributed by atoms with Gasteiger partial charge >= 0.3 is 0 Å². The number of nitrogens with zero attached hydrogens (tertiary/aromatic N) is 2. The first kappa shape index (κ1) is 21.3. The summed E-state index contributed by atoms with van der Waals surface area (Å²) in [5.74, 6) is -0.293. The van der Waals surface area contributed by atoms with E-state index in [1.807, 2.05) is 13.8 Å². The molecule has 1 aromatic carbocycles. The average Bonchev–Trinajstić information content (AvgIpc) is 3.04. The zero-order valence-electron chi connectivity index (χ0n) is 15.5. The van der Waals surface area contributed by atoms with Crippen LogP contribution in [0.2, 0.25) is 0 Å². The van der Waals surface area contributed by atoms with Gasteiger partial charge in [0.2, 0.25) is 5.91 Å². The molecule has 0 saturated carbocycles. The number of aromatic nitrogens is 2. The normalized spacial score (nSPS) is 17.0. The van der Waals surface area contributed by atoms with E-state index in [1.165, 1.54) is 12.1 Å². The average molecular weight is 397 g/mol. The Labute approximate surface area is 164 Å². The number of hydrogen-bond donors (Lipinski definition) is 2. The summed E-state index contributed by atoms with van der Waals surface area (Å²) in [7, 11) is 0. The van der Waals surface area contributed by atoms with E-state index in [0.29, 0.717) is 13.2 Å². The van der Waals surface area contributed by atoms with Crippen LogP contribution in [0.25, 0.3) is 5.69 Å². The molecule has 2 unspecified atom stereocenters. The number of carbonyl (C=O) groups is 1. The molecule has 2 heterocycles. The van der Waals surface area contributed by atoms with Crippen molar-refractivity contribution in [2.24, 2.45) is 11.7 Å². The molecule has 1 saturated heterocycles. The van der Waals surface area contributed by atoms with Crippen molar-refractivity contribution in [2.75, 3.05) is 13.2 Å². The van der Waals surface area contributed by atoms with Gasteiger partial charge in [0.1, 0.15) is 5.82 Å². The van der Waals surface area contributed by atoms with Crippen molar-refractivity contribution >= 4 is 18.3 Å². The van der Waals surface area contributed by atoms with Crippen LogP contribution in [-0.2, 0) is 9.53 Å². The van der Waals surface area contributed by atoms with Gasteiger partial charge < -0.3 is 15.8 Å². The van der Waals surface area contributed by atoms with Gasteiger partial charge in [0.25, 0.3) is 0 Å². The van der Waals surface area contributed by atoms with Gasteiger partial charge in [-0.1, -0.05) is 0 Å². The van der Waals surface area contributed by atoms with Crippen LogP contribution in [0.15, 0.2) is 30.5 Å². The first-order chi connectivity index (χ1) is 12.5. The molecule has 0 bridgehead atoms. The third kappa shape index (κ3) is 4.86. The van der Waals surface area contributed by atoms with Gasteiger partial charge in [-0.2, -0.15) is 5.10 Å². The van der Waals surface area contributed by atoms with Crippen LogP contribution in [-0.4, -0.2) is 34.9 Å². The van der Waals surface area contributed by atoms with Gasteiger partial charge in [-0.05, 0) is 56.9 Å². The molecule has 27 heavy (non-hydrogen) atoms. The number of nitrogens with one attached hydrogen (secondary N) is 1. The van der Waals surface area contributed by atoms with Crippen molar-refractivity contribution in [3.63, 3.8) is 0 Å². The van der Waals surface area contributed by atoms with Crippen molar-refractivity contribution in [1.29, 1.82) is 0 Å². The lowest BCUT2D eigenvalue weighted by Crippen LogP contribution is -2.47. The van der Waals surface area contributed by atoms with E-state index in [9.17, 15) is 9.18 Å². The van der Waals surface area contributed by atoms with E-state index in [0.717, 1.165) is 29.8 Å². The van der Waals surface area contributed by atoms with Crippen LogP contribution in [0.3, 0.4) is 0 Å². The van der Waals surface area contributed by atoms with E-state index >= 15 is 0 Å². The van der Waals surface area contributed by atoms with E-state index in [2.05, 4.69) is 10.4 Å². The largest absolute Gasteiger partial charge is 0.381 e. The molecule has 0 aliphatic carbocycles. The number of nitrogens with two attached hydrogens (primary N) is 1. The lowest BCUT2D eigenvalue weighted by molar-refractivity contribution is -0.125. The predicted molar refractivity (Wildman–Crippen MR) is 104 cm³/mol. The summed E-state index contributed by atoms with van der Waals surface area (Å²) in [5, 5.41) is 7.36. The second kappa shape index (κ2) is 9.30. The maximum atomic E-state index is 13.1. The number of benzene rings is 1. The van der Waals surface area contributed by atoms with Crippen molar-refractivity contribution in [3.05, 3.63) is 47.5 Å². The Bertz CT molecular complexity index is 760. The van der Waals surface area contributed by atoms with Crippen LogP contribution in [0.1, 0.15) is 37.1 Å². The number of hydrogen-bond acceptors (Lipinski definition) is 4. The highest BCUT2D eigenvalue weighted by atomic mass is 35.5. The molecule has 1 aliphatic rings. The zero-order valence-corrected chi connectivity index (χ0v) is 16.3. The van der Waals surface area contributed by atoms with Gasteiger partial charge in [0, 0.05) is 24.5 Å². The summed E-state index contributed by atoms with van der Waals surface area (Å²) in [6.45, 7) is 5.15. The fourth-order valence-corrected chi connectivity index (χ4v) is 3.37. The Morgan fingerprint density at radius 1 is 1.33 bits per heavy atom. The summed E-state index contributed by atoms with van der Waals surface area (Å²) >= 11 is 0. The Hall–Kier alpha value is -1.96. The monoisotopic (exact) mass is 396 g/mol. The number of carbonyl (C=O) groups excluding carboxylic acids is 1. The first-order valence-electron chi connectivity index (χ1n) is 8.91. The summed E-state index contributed by atoms with van der Waals surface area (Å²) in [5.41, 5.74) is 8.71. The summed E-state index contributed by atoms with van der Waals surface area (Å²) in [6.07, 6.45) is 3.35. The van der Waals surface area contributed by atoms with Crippen LogP contribution < -0.4 is 11.1 Å². The van der Waals surface area contributed by atoms with E-state index in [4.69, 9.17) is 10.5 Å². The zero-order chi connectivity index (χ0) is 18.7. The second-order valence-electron chi connectivity index (χ2n) is 6.78. The summed E-state index contributed by atoms with van der Waals surface area (Å²) in [4.78, 5) is 12.5. The molecule has 0 radical (unpaired) electrons. The Kier molecular flexibility index (Phi) is 7.35. The third-order valence-corrected chi connectivity index (χ3v) is 5.02. The van der Waals surface area contributed by atoms with Gasteiger partial charge in [-0.15, -0.1) is 12.4 Å². The van der Waals surface area contributed by atoms with Gasteiger partial charge in [-0.25, -0.2) is 9.07 Å². The number of ether oxygens (including phenoxy) is 1. The molecule has 3 rings (SSSR count). The maximum absolute atomic E-state index is 13.1. The van der Waals surface area contributed by atoms with E-state index in [-0.39, 0.29) is 36.1 Å². The fraction of sp³-hybridized carbons (Fsp3) is 0.474. The van der Waals surface area contributed by atoms with Crippen LogP contribution in [0, 0.1) is 18.7 Å². The van der Waals surface area contributed by atoms with Crippen molar-refractivity contribution in [2.45, 2.75) is 38.8 Å². The Balaban J connectivity index is 0.00000261. The number of rotatable bonds is 5. The van der Waals surface area contributed by atoms with Gasteiger partial charge in [0.05, 0.1) is 24.0 Å². The smallest absolute Gasteiger partial charge is 0.237 e. The minimum atomic E-state index is -0.534. The Morgan fingerprint density at radius 2 is 1.96 bits per heavy atom. The highest BCUT2D eigenvalue weighted by Gasteiger charge is 2.28. The molecular weight excluding hydrogens is 371 g/mol. The summed E-state index contributed by atoms with van der Waals surface area (Å²) < 4.78 is 20.2. The molecule has 0 spiro atoms. The third-order valence-electron chi connectivity index (χ3n) is 5.02. The maximum Gasteiger partial charge on any atom is 0.237 e. The minimum absolute atomic E-state index is 0. The molecule has 148 valence electrons. The molecule has 2 atom stereocenters. The molecule has 8 heteroatoms. The minimum Gasteiger partial charge on any atom is -0.381 e. The highest BCUT2D eigenvalue weighted by molar-refractivity contribution is 5.85. The molecule has 1 aromatic heterocycles. The van der Waals surface area contributed by atoms with Crippen molar-refractivity contribution < 1.29 is 13.9 Å². The molecule has 1 amide bonds. The fourth-order valence-electron chi connectivity index (χ4n) is 3.37. The van der Waals surface area contributed by atoms with E-state index in [1.54, 1.807) is 23.0 Å². The number of halogens is 2. The molecular formula is C19H26ClFN4O2. The molecule has 2 aromatic rings. The van der Waals surface area contributed by atoms with Crippen molar-refractivity contribution in [1.82, 2.24) is 15.1 Å². The van der Waals surface area contributed by atoms with Gasteiger partial charge in [0.15, 0.2) is 0 Å². The summed E-state index contributed by atoms with van der Waals surface area (Å²) in [6, 6.07) is 5.38. The first-order valence-corrected chi connectivity index (χ1v) is 8.91. The lowest BCUT2D eigenvalue weighted by atomic mass is 9.91. The molecule has 1 fully saturated rings. The predicted octanol–water partition coefficient (Wildman–Crippen LogP) is 2.67. The van der Waals surface area contributed by atoms with E-state index < -0.39 is 6.04 Å². The quantitative estimate of drug-likeness (QED) is 0.814. The molecule has 3 N–H and O–H groups in total. The van der Waals surface area contributed by atoms with Crippen molar-refractivity contribution in [3.8, 4) is 5.69 Å². The Morgan fingerprint density at radius 3 is 2.59 bits per heavy atom. The standard InChI is InChI=1S/C19H25FN4O2.ClH/c1-12(23-19(25)18(21)14-7-9-26-10-8-14)17-11-22-24(13(17)2)16-5-3-15(20)4-6-16;/h3-6,11-12,14,18H,7-10,21H2,1-2H3,(H,23,25);1H. The lowest BCUT2D eigenvalue weighted by Gasteiger charge is -2.27. The second-order valence-corrected chi connectivity index (χ2v) is 6.78. The van der Waals surface area contributed by atoms with Crippen LogP contribution >= 0.6 is 12.4 Å². The van der Waals surface area contributed by atoms with Crippen LogP contribution in [0.5, 0.6) is 0 Å². The highest BCUT2D eigenvalue weighted by Crippen LogP contribution is 2.22. The SMILES string of the molecule is Cc1c(C(C)NC(=O)C(N)C2CCOCC2)cnn1-c1ccc(F)cc1.Cl. The topological polar surface area (TPSA) is 82.2 Å². The number of amides is 1. The van der Waals surface area contributed by atoms with Crippen LogP contribution in [0.4, 0.5) is 4.39 Å². The molecule has 1 aliphatic heterocycles.